The van der Waals surface area contributed by atoms with Gasteiger partial charge in [-0.05, 0) is 19.4 Å². The number of ether oxygens (including phenoxy) is 2. The Morgan fingerprint density at radius 2 is 2.00 bits per heavy atom. The lowest BCUT2D eigenvalue weighted by Gasteiger charge is -2.05. The van der Waals surface area contributed by atoms with Gasteiger partial charge in [0.1, 0.15) is 6.61 Å². The first-order valence-corrected chi connectivity index (χ1v) is 5.23. The van der Waals surface area contributed by atoms with Crippen LogP contribution in [-0.2, 0) is 20.9 Å². The molecule has 3 nitrogen and oxygen atoms in total. The number of rotatable bonds is 5. The van der Waals surface area contributed by atoms with Gasteiger partial charge in [0, 0.05) is 0 Å². The van der Waals surface area contributed by atoms with Gasteiger partial charge in [0.15, 0.2) is 0 Å². The fraction of sp³-hybridized carbons (Fsp3) is 0.308. The van der Waals surface area contributed by atoms with Crippen LogP contribution in [0, 0.1) is 0 Å². The minimum Gasteiger partial charge on any atom is -0.501 e. The van der Waals surface area contributed by atoms with Gasteiger partial charge >= 0.3 is 5.97 Å². The van der Waals surface area contributed by atoms with Crippen LogP contribution in [0.2, 0.25) is 0 Å². The number of hydrogen-bond acceptors (Lipinski definition) is 3. The highest BCUT2D eigenvalue weighted by Crippen LogP contribution is 2.04. The van der Waals surface area contributed by atoms with Crippen molar-refractivity contribution in [2.45, 2.75) is 20.5 Å². The lowest BCUT2D eigenvalue weighted by molar-refractivity contribution is -0.140. The molecule has 16 heavy (non-hydrogen) atoms. The second-order valence-electron chi connectivity index (χ2n) is 3.32. The van der Waals surface area contributed by atoms with E-state index >= 15 is 0 Å². The Labute approximate surface area is 95.7 Å². The highest BCUT2D eigenvalue weighted by Gasteiger charge is 2.05. The Morgan fingerprint density at radius 3 is 2.62 bits per heavy atom. The van der Waals surface area contributed by atoms with E-state index in [0.29, 0.717) is 12.2 Å². The summed E-state index contributed by atoms with van der Waals surface area (Å²) in [7, 11) is 0. The van der Waals surface area contributed by atoms with Crippen molar-refractivity contribution in [2.75, 3.05) is 6.61 Å². The van der Waals surface area contributed by atoms with E-state index in [-0.39, 0.29) is 12.6 Å². The highest BCUT2D eigenvalue weighted by molar-refractivity contribution is 5.87. The van der Waals surface area contributed by atoms with E-state index < -0.39 is 0 Å². The first kappa shape index (κ1) is 12.3. The second kappa shape index (κ2) is 6.67. The predicted octanol–water partition coefficient (Wildman–Crippen LogP) is 2.67. The summed E-state index contributed by atoms with van der Waals surface area (Å²) >= 11 is 0. The lowest BCUT2D eigenvalue weighted by atomic mass is 10.2. The van der Waals surface area contributed by atoms with Gasteiger partial charge in [-0.2, -0.15) is 0 Å². The van der Waals surface area contributed by atoms with Gasteiger partial charge < -0.3 is 9.47 Å². The predicted molar refractivity (Wildman–Crippen MR) is 61.6 cm³/mol. The summed E-state index contributed by atoms with van der Waals surface area (Å²) in [6.07, 6.45) is 1.42. The van der Waals surface area contributed by atoms with Crippen molar-refractivity contribution in [2.24, 2.45) is 0 Å². The zero-order valence-corrected chi connectivity index (χ0v) is 9.60. The monoisotopic (exact) mass is 220 g/mol. The fourth-order valence-corrected chi connectivity index (χ4v) is 1.09. The Kier molecular flexibility index (Phi) is 5.12. The number of benzene rings is 1. The molecule has 86 valence electrons. The largest absolute Gasteiger partial charge is 0.501 e. The maximum Gasteiger partial charge on any atom is 0.337 e. The molecule has 0 saturated heterocycles. The zero-order chi connectivity index (χ0) is 11.8. The van der Waals surface area contributed by atoms with Gasteiger partial charge in [0.25, 0.3) is 0 Å². The fourth-order valence-electron chi connectivity index (χ4n) is 1.09. The third-order valence-electron chi connectivity index (χ3n) is 1.96. The van der Waals surface area contributed by atoms with E-state index in [1.54, 1.807) is 6.92 Å². The van der Waals surface area contributed by atoms with Gasteiger partial charge in [-0.3, -0.25) is 0 Å². The second-order valence-corrected chi connectivity index (χ2v) is 3.32. The van der Waals surface area contributed by atoms with Crippen LogP contribution >= 0.6 is 0 Å². The molecule has 0 saturated carbocycles. The number of hydrogen-bond donors (Lipinski definition) is 0. The molecule has 0 aliphatic carbocycles. The Morgan fingerprint density at radius 1 is 1.31 bits per heavy atom. The van der Waals surface area contributed by atoms with Gasteiger partial charge in [0.2, 0.25) is 0 Å². The molecule has 1 aromatic carbocycles. The molecule has 1 aromatic rings. The molecule has 0 aromatic heterocycles. The maximum atomic E-state index is 11.5. The quantitative estimate of drug-likeness (QED) is 0.435. The van der Waals surface area contributed by atoms with E-state index in [2.05, 4.69) is 0 Å². The minimum atomic E-state index is -0.350. The summed E-state index contributed by atoms with van der Waals surface area (Å²) in [6, 6.07) is 9.56. The van der Waals surface area contributed by atoms with Crippen LogP contribution in [0.4, 0.5) is 0 Å². The third-order valence-corrected chi connectivity index (χ3v) is 1.96. The van der Waals surface area contributed by atoms with Crippen LogP contribution in [0.15, 0.2) is 42.2 Å². The van der Waals surface area contributed by atoms with E-state index in [9.17, 15) is 4.79 Å². The van der Waals surface area contributed by atoms with Crippen molar-refractivity contribution >= 4 is 5.97 Å². The molecule has 0 unspecified atom stereocenters. The van der Waals surface area contributed by atoms with Crippen molar-refractivity contribution in [1.82, 2.24) is 0 Å². The first-order valence-electron chi connectivity index (χ1n) is 5.23. The molecule has 0 bridgehead atoms. The van der Waals surface area contributed by atoms with Gasteiger partial charge in [-0.15, -0.1) is 0 Å². The summed E-state index contributed by atoms with van der Waals surface area (Å²) < 4.78 is 10.1. The number of carbonyl (C=O) groups is 1. The van der Waals surface area contributed by atoms with Crippen LogP contribution in [0.5, 0.6) is 0 Å². The summed E-state index contributed by atoms with van der Waals surface area (Å²) in [6.45, 7) is 4.36. The first-order chi connectivity index (χ1) is 7.74. The van der Waals surface area contributed by atoms with Crippen LogP contribution in [-0.4, -0.2) is 12.6 Å². The average molecular weight is 220 g/mol. The van der Waals surface area contributed by atoms with Crippen molar-refractivity contribution in [3.8, 4) is 0 Å². The van der Waals surface area contributed by atoms with Crippen LogP contribution in [0.3, 0.4) is 0 Å². The SMILES string of the molecule is CCOC=C(C)C(=O)OCc1ccccc1. The van der Waals surface area contributed by atoms with Gasteiger partial charge in [-0.1, -0.05) is 30.3 Å². The molecule has 0 heterocycles. The van der Waals surface area contributed by atoms with Gasteiger partial charge in [0.05, 0.1) is 18.4 Å². The lowest BCUT2D eigenvalue weighted by Crippen LogP contribution is -2.06. The topological polar surface area (TPSA) is 35.5 Å². The Hall–Kier alpha value is -1.77. The molecule has 0 amide bonds. The molecule has 3 heteroatoms. The zero-order valence-electron chi connectivity index (χ0n) is 9.60. The summed E-state index contributed by atoms with van der Waals surface area (Å²) in [5, 5.41) is 0. The summed E-state index contributed by atoms with van der Waals surface area (Å²) in [5.74, 6) is -0.350. The van der Waals surface area contributed by atoms with Crippen molar-refractivity contribution in [3.05, 3.63) is 47.7 Å². The molecule has 0 aliphatic rings. The summed E-state index contributed by atoms with van der Waals surface area (Å²) in [5.41, 5.74) is 1.44. The molecule has 0 radical (unpaired) electrons. The van der Waals surface area contributed by atoms with E-state index in [0.717, 1.165) is 5.56 Å². The third kappa shape index (κ3) is 4.17. The molecule has 0 fully saturated rings. The standard InChI is InChI=1S/C13H16O3/c1-3-15-9-11(2)13(14)16-10-12-7-5-4-6-8-12/h4-9H,3,10H2,1-2H3. The number of esters is 1. The molecule has 0 N–H and O–H groups in total. The molecule has 0 aliphatic heterocycles. The van der Waals surface area contributed by atoms with Crippen LogP contribution < -0.4 is 0 Å². The molecular formula is C13H16O3. The van der Waals surface area contributed by atoms with Crippen LogP contribution in [0.1, 0.15) is 19.4 Å². The normalized spacial score (nSPS) is 11.0. The van der Waals surface area contributed by atoms with Crippen LogP contribution in [0.25, 0.3) is 0 Å². The van der Waals surface area contributed by atoms with Crippen molar-refractivity contribution in [3.63, 3.8) is 0 Å². The molecule has 0 spiro atoms. The Bertz CT molecular complexity index is 355. The maximum absolute atomic E-state index is 11.5. The van der Waals surface area contributed by atoms with E-state index in [4.69, 9.17) is 9.47 Å². The molecular weight excluding hydrogens is 204 g/mol. The average Bonchev–Trinajstić information content (AvgIpc) is 2.34. The smallest absolute Gasteiger partial charge is 0.337 e. The van der Waals surface area contributed by atoms with Gasteiger partial charge in [-0.25, -0.2) is 4.79 Å². The summed E-state index contributed by atoms with van der Waals surface area (Å²) in [4.78, 5) is 11.5. The van der Waals surface area contributed by atoms with E-state index in [1.165, 1.54) is 6.26 Å². The molecule has 1 rings (SSSR count). The minimum absolute atomic E-state index is 0.289. The van der Waals surface area contributed by atoms with Crippen molar-refractivity contribution in [1.29, 1.82) is 0 Å². The Balaban J connectivity index is 2.41. The highest BCUT2D eigenvalue weighted by atomic mass is 16.5. The van der Waals surface area contributed by atoms with Crippen molar-refractivity contribution < 1.29 is 14.3 Å². The molecule has 0 atom stereocenters. The van der Waals surface area contributed by atoms with E-state index in [1.807, 2.05) is 37.3 Å². The number of carbonyl (C=O) groups excluding carboxylic acids is 1.